The maximum Gasteiger partial charge on any atom is 0.0540 e. The molecule has 0 atom stereocenters. The number of anilines is 6. The Balaban J connectivity index is 0.792. The molecule has 0 N–H and O–H groups in total. The minimum atomic E-state index is 1.10. The predicted molar refractivity (Wildman–Crippen MR) is 347 cm³/mol. The average molecular weight is 1050 g/mol. The largest absolute Gasteiger partial charge is 0.310 e. The van der Waals surface area contributed by atoms with E-state index in [-0.39, 0.29) is 0 Å². The van der Waals surface area contributed by atoms with E-state index < -0.39 is 0 Å². The molecule has 4 heteroatoms. The summed E-state index contributed by atoms with van der Waals surface area (Å²) in [5, 5.41) is 12.7. The van der Waals surface area contributed by atoms with E-state index in [0.717, 1.165) is 34.1 Å². The predicted octanol–water partition coefficient (Wildman–Crippen LogP) is 22.9. The normalized spacial score (nSPS) is 11.8. The van der Waals surface area contributed by atoms with Crippen molar-refractivity contribution in [3.05, 3.63) is 291 Å². The second-order valence-corrected chi connectivity index (χ2v) is 22.9. The Morgan fingerprint density at radius 3 is 1.01 bits per heavy atom. The van der Waals surface area contributed by atoms with Crippen molar-refractivity contribution in [3.63, 3.8) is 0 Å². The summed E-state index contributed by atoms with van der Waals surface area (Å²) in [4.78, 5) is 4.87. The summed E-state index contributed by atoms with van der Waals surface area (Å²) < 4.78 is 5.20. The molecular formula is C76H48N2S2. The number of rotatable bonds is 10. The van der Waals surface area contributed by atoms with Crippen LogP contribution in [0.1, 0.15) is 0 Å². The summed E-state index contributed by atoms with van der Waals surface area (Å²) in [5.41, 5.74) is 16.3. The van der Waals surface area contributed by atoms with Crippen LogP contribution >= 0.6 is 22.7 Å². The van der Waals surface area contributed by atoms with E-state index >= 15 is 0 Å². The minimum absolute atomic E-state index is 1.10. The van der Waals surface area contributed by atoms with Gasteiger partial charge in [0, 0.05) is 74.2 Å². The Morgan fingerprint density at radius 1 is 0.212 bits per heavy atom. The Morgan fingerprint density at radius 2 is 0.562 bits per heavy atom. The van der Waals surface area contributed by atoms with E-state index in [9.17, 15) is 0 Å². The highest BCUT2D eigenvalue weighted by Crippen LogP contribution is 2.48. The molecule has 0 spiro atoms. The van der Waals surface area contributed by atoms with Crippen molar-refractivity contribution in [1.82, 2.24) is 0 Å². The summed E-state index contributed by atoms with van der Waals surface area (Å²) in [6, 6.07) is 108. The van der Waals surface area contributed by atoms with Crippen molar-refractivity contribution in [2.45, 2.75) is 0 Å². The van der Waals surface area contributed by atoms with Crippen LogP contribution in [0.2, 0.25) is 0 Å². The van der Waals surface area contributed by atoms with Crippen LogP contribution in [0.5, 0.6) is 0 Å². The topological polar surface area (TPSA) is 6.48 Å². The summed E-state index contributed by atoms with van der Waals surface area (Å²) in [5.74, 6) is 0. The zero-order valence-corrected chi connectivity index (χ0v) is 45.1. The van der Waals surface area contributed by atoms with E-state index in [1.54, 1.807) is 0 Å². The second-order valence-electron chi connectivity index (χ2n) is 20.7. The molecule has 0 saturated carbocycles. The quantitative estimate of drug-likeness (QED) is 0.126. The first-order chi connectivity index (χ1) is 39.7. The summed E-state index contributed by atoms with van der Waals surface area (Å²) in [6.45, 7) is 0. The number of nitrogens with zero attached hydrogens (tertiary/aromatic N) is 2. The molecule has 16 aromatic rings. The van der Waals surface area contributed by atoms with E-state index in [1.807, 2.05) is 22.7 Å². The average Bonchev–Trinajstić information content (AvgIpc) is 4.22. The van der Waals surface area contributed by atoms with Crippen LogP contribution in [-0.2, 0) is 0 Å². The van der Waals surface area contributed by atoms with Gasteiger partial charge in [-0.15, -0.1) is 22.7 Å². The molecule has 14 aromatic carbocycles. The van der Waals surface area contributed by atoms with Gasteiger partial charge in [-0.3, -0.25) is 0 Å². The Labute approximate surface area is 471 Å². The van der Waals surface area contributed by atoms with Gasteiger partial charge in [0.25, 0.3) is 0 Å². The van der Waals surface area contributed by atoms with Crippen molar-refractivity contribution >= 4 is 129 Å². The van der Waals surface area contributed by atoms with Crippen molar-refractivity contribution in [2.24, 2.45) is 0 Å². The molecule has 0 unspecified atom stereocenters. The van der Waals surface area contributed by atoms with Crippen molar-refractivity contribution in [1.29, 1.82) is 0 Å². The lowest BCUT2D eigenvalue weighted by Crippen LogP contribution is -2.11. The minimum Gasteiger partial charge on any atom is -0.310 e. The second kappa shape index (κ2) is 19.0. The Hall–Kier alpha value is -9.84. The van der Waals surface area contributed by atoms with Crippen LogP contribution in [0.25, 0.3) is 117 Å². The zero-order valence-electron chi connectivity index (χ0n) is 43.4. The molecule has 0 bridgehead atoms. The van der Waals surface area contributed by atoms with E-state index in [0.29, 0.717) is 0 Å². The highest BCUT2D eigenvalue weighted by molar-refractivity contribution is 7.26. The van der Waals surface area contributed by atoms with Gasteiger partial charge >= 0.3 is 0 Å². The highest BCUT2D eigenvalue weighted by atomic mass is 32.1. The molecule has 16 rings (SSSR count). The van der Waals surface area contributed by atoms with Gasteiger partial charge in [0.05, 0.1) is 11.4 Å². The number of para-hydroxylation sites is 2. The standard InChI is InChI=1S/C76H48N2S2/c1-3-15-49(16-4-1)61-19-7-11-23-69(61)77(57-39-45-73-67(47-57)63-21-9-13-25-71(63)79-73)55-35-27-51(28-36-55)59-41-31-53-34-44-66-60(42-32-54-33-43-65(59)75(53)76(54)66)52-29-37-56(38-30-52)78(70-24-12-8-20-62(70)50-17-5-2-6-18-50)58-40-46-74-68(48-58)64-22-10-14-26-72(64)80-74/h1-48H. The molecule has 80 heavy (non-hydrogen) atoms. The molecule has 0 aliphatic carbocycles. The van der Waals surface area contributed by atoms with Crippen LogP contribution in [0.15, 0.2) is 291 Å². The van der Waals surface area contributed by atoms with Crippen LogP contribution in [-0.4, -0.2) is 0 Å². The Kier molecular flexibility index (Phi) is 11.0. The highest BCUT2D eigenvalue weighted by Gasteiger charge is 2.22. The molecule has 0 aliphatic rings. The van der Waals surface area contributed by atoms with Crippen molar-refractivity contribution in [3.8, 4) is 44.5 Å². The third-order valence-corrected chi connectivity index (χ3v) is 18.5. The lowest BCUT2D eigenvalue weighted by atomic mass is 9.87. The van der Waals surface area contributed by atoms with Crippen molar-refractivity contribution in [2.75, 3.05) is 9.80 Å². The number of hydrogen-bond donors (Lipinski definition) is 0. The van der Waals surface area contributed by atoms with Gasteiger partial charge in [-0.1, -0.05) is 206 Å². The number of benzene rings is 14. The van der Waals surface area contributed by atoms with Gasteiger partial charge in [-0.25, -0.2) is 0 Å². The fraction of sp³-hybridized carbons (Fsp3) is 0. The van der Waals surface area contributed by atoms with Crippen LogP contribution in [0.3, 0.4) is 0 Å². The van der Waals surface area contributed by atoms with Gasteiger partial charge in [0.1, 0.15) is 0 Å². The molecule has 0 amide bonds. The molecular weight excluding hydrogens is 1000 g/mol. The number of hydrogen-bond acceptors (Lipinski definition) is 4. The fourth-order valence-electron chi connectivity index (χ4n) is 12.5. The van der Waals surface area contributed by atoms with Crippen LogP contribution in [0, 0.1) is 0 Å². The first kappa shape index (κ1) is 46.3. The Bertz CT molecular complexity index is 4680. The molecule has 2 aromatic heterocycles. The summed E-state index contributed by atoms with van der Waals surface area (Å²) >= 11 is 3.71. The molecule has 0 aliphatic heterocycles. The molecule has 0 radical (unpaired) electrons. The molecule has 374 valence electrons. The monoisotopic (exact) mass is 1050 g/mol. The lowest BCUT2D eigenvalue weighted by molar-refractivity contribution is 1.29. The van der Waals surface area contributed by atoms with Gasteiger partial charge in [-0.05, 0) is 151 Å². The third kappa shape index (κ3) is 7.67. The third-order valence-electron chi connectivity index (χ3n) is 16.2. The van der Waals surface area contributed by atoms with Crippen molar-refractivity contribution < 1.29 is 0 Å². The first-order valence-electron chi connectivity index (χ1n) is 27.3. The molecule has 0 saturated heterocycles. The number of thiophene rings is 2. The van der Waals surface area contributed by atoms with E-state index in [4.69, 9.17) is 0 Å². The van der Waals surface area contributed by atoms with Crippen LogP contribution in [0.4, 0.5) is 34.1 Å². The molecule has 0 fully saturated rings. The SMILES string of the molecule is c1ccc(-c2ccccc2N(c2ccc(-c3ccc4ccc5c(-c6ccc(N(c7ccc8sc9ccccc9c8c7)c7ccccc7-c7ccccc7)cc6)ccc6ccc3c4c65)cc2)c2ccc3sc4ccccc4c3c2)cc1. The van der Waals surface area contributed by atoms with Gasteiger partial charge in [-0.2, -0.15) is 0 Å². The summed E-state index contributed by atoms with van der Waals surface area (Å²) in [7, 11) is 0. The fourth-order valence-corrected chi connectivity index (χ4v) is 14.7. The van der Waals surface area contributed by atoms with Gasteiger partial charge in [0.2, 0.25) is 0 Å². The maximum atomic E-state index is 2.43. The van der Waals surface area contributed by atoms with Crippen LogP contribution < -0.4 is 9.80 Å². The first-order valence-corrected chi connectivity index (χ1v) is 28.9. The lowest BCUT2D eigenvalue weighted by Gasteiger charge is -2.28. The smallest absolute Gasteiger partial charge is 0.0540 e. The molecule has 2 nitrogen and oxygen atoms in total. The molecule has 2 heterocycles. The van der Waals surface area contributed by atoms with E-state index in [1.165, 1.54) is 117 Å². The van der Waals surface area contributed by atoms with Gasteiger partial charge in [0.15, 0.2) is 0 Å². The van der Waals surface area contributed by atoms with E-state index in [2.05, 4.69) is 301 Å². The number of fused-ring (bicyclic) bond motifs is 6. The zero-order chi connectivity index (χ0) is 52.7. The summed E-state index contributed by atoms with van der Waals surface area (Å²) in [6.07, 6.45) is 0. The maximum absolute atomic E-state index is 2.43. The van der Waals surface area contributed by atoms with Gasteiger partial charge < -0.3 is 9.80 Å².